The molecule has 2 heterocycles. The van der Waals surface area contributed by atoms with E-state index in [1.807, 2.05) is 0 Å². The van der Waals surface area contributed by atoms with E-state index in [4.69, 9.17) is 16.3 Å². The van der Waals surface area contributed by atoms with Gasteiger partial charge >= 0.3 is 5.91 Å². The van der Waals surface area contributed by atoms with Crippen molar-refractivity contribution in [3.63, 3.8) is 0 Å². The van der Waals surface area contributed by atoms with Crippen molar-refractivity contribution in [2.45, 2.75) is 13.0 Å². The highest BCUT2D eigenvalue weighted by atomic mass is 35.5. The Bertz CT molecular complexity index is 1160. The van der Waals surface area contributed by atoms with Crippen molar-refractivity contribution in [3.05, 3.63) is 75.3 Å². The number of aryl methyl sites for hydroxylation is 1. The van der Waals surface area contributed by atoms with E-state index in [1.54, 1.807) is 55.5 Å². The minimum absolute atomic E-state index is 0.0275. The minimum Gasteiger partial charge on any atom is -0.507 e. The Morgan fingerprint density at radius 1 is 1.10 bits per heavy atom. The number of amides is 1. The summed E-state index contributed by atoms with van der Waals surface area (Å²) in [6, 6.07) is 12.4. The maximum absolute atomic E-state index is 13.0. The molecule has 0 bridgehead atoms. The number of ketones is 1. The number of benzene rings is 2. The summed E-state index contributed by atoms with van der Waals surface area (Å²) in [4.78, 5) is 27.2. The number of rotatable bonds is 4. The fourth-order valence-electron chi connectivity index (χ4n) is 3.28. The second kappa shape index (κ2) is 7.89. The molecule has 1 aliphatic heterocycles. The van der Waals surface area contributed by atoms with E-state index >= 15 is 0 Å². The van der Waals surface area contributed by atoms with E-state index in [9.17, 15) is 14.7 Å². The fraction of sp³-hybridized carbons (Fsp3) is 0.143. The van der Waals surface area contributed by atoms with Crippen molar-refractivity contribution in [2.24, 2.45) is 0 Å². The number of carbonyl (C=O) groups is 2. The van der Waals surface area contributed by atoms with E-state index in [2.05, 4.69) is 10.2 Å². The molecule has 1 atom stereocenters. The van der Waals surface area contributed by atoms with Gasteiger partial charge < -0.3 is 9.84 Å². The second-order valence-corrected chi connectivity index (χ2v) is 8.15. The number of hydrogen-bond acceptors (Lipinski definition) is 7. The smallest absolute Gasteiger partial charge is 0.301 e. The first-order chi connectivity index (χ1) is 14.4. The molecule has 0 aliphatic carbocycles. The molecule has 0 saturated carbocycles. The van der Waals surface area contributed by atoms with Gasteiger partial charge in [0.1, 0.15) is 16.5 Å². The van der Waals surface area contributed by atoms with Gasteiger partial charge in [-0.05, 0) is 48.9 Å². The summed E-state index contributed by atoms with van der Waals surface area (Å²) in [5, 5.41) is 20.5. The number of aliphatic hydroxyl groups is 1. The third-order valence-corrected chi connectivity index (χ3v) is 5.81. The van der Waals surface area contributed by atoms with Crippen LogP contribution in [-0.4, -0.2) is 34.1 Å². The Balaban J connectivity index is 1.91. The van der Waals surface area contributed by atoms with Gasteiger partial charge in [-0.3, -0.25) is 14.5 Å². The van der Waals surface area contributed by atoms with E-state index in [0.717, 1.165) is 0 Å². The van der Waals surface area contributed by atoms with E-state index in [-0.39, 0.29) is 16.5 Å². The highest BCUT2D eigenvalue weighted by molar-refractivity contribution is 7.15. The van der Waals surface area contributed by atoms with Crippen molar-refractivity contribution < 1.29 is 19.4 Å². The molecular formula is C21H16ClN3O4S. The second-order valence-electron chi connectivity index (χ2n) is 6.55. The molecule has 152 valence electrons. The Labute approximate surface area is 181 Å². The van der Waals surface area contributed by atoms with Gasteiger partial charge in [0.05, 0.1) is 18.7 Å². The van der Waals surface area contributed by atoms with Crippen molar-refractivity contribution in [1.29, 1.82) is 0 Å². The van der Waals surface area contributed by atoms with Gasteiger partial charge in [0, 0.05) is 10.6 Å². The first-order valence-corrected chi connectivity index (χ1v) is 10.1. The molecule has 0 radical (unpaired) electrons. The monoisotopic (exact) mass is 441 g/mol. The highest BCUT2D eigenvalue weighted by Crippen LogP contribution is 2.43. The van der Waals surface area contributed by atoms with Crippen LogP contribution in [0.2, 0.25) is 5.02 Å². The van der Waals surface area contributed by atoms with Gasteiger partial charge in [-0.25, -0.2) is 0 Å². The zero-order chi connectivity index (χ0) is 21.4. The predicted molar refractivity (Wildman–Crippen MR) is 114 cm³/mol. The summed E-state index contributed by atoms with van der Waals surface area (Å²) >= 11 is 7.21. The molecule has 9 heteroatoms. The standard InChI is InChI=1S/C21H16ClN3O4S/c1-11-23-24-21(30-11)25-17(12-3-7-14(22)8-4-12)16(19(27)20(25)28)18(26)13-5-9-15(29-2)10-6-13/h3-10,17,26H,1-2H3/b18-16+. The summed E-state index contributed by atoms with van der Waals surface area (Å²) < 4.78 is 5.14. The lowest BCUT2D eigenvalue weighted by Crippen LogP contribution is -2.29. The van der Waals surface area contributed by atoms with Crippen LogP contribution in [0.5, 0.6) is 5.75 Å². The Morgan fingerprint density at radius 2 is 1.77 bits per heavy atom. The number of ether oxygens (including phenoxy) is 1. The van der Waals surface area contributed by atoms with Crippen LogP contribution in [0.15, 0.2) is 54.1 Å². The van der Waals surface area contributed by atoms with Crippen LogP contribution in [0, 0.1) is 6.92 Å². The molecule has 0 spiro atoms. The molecule has 3 aromatic rings. The summed E-state index contributed by atoms with van der Waals surface area (Å²) in [7, 11) is 1.53. The lowest BCUT2D eigenvalue weighted by atomic mass is 9.95. The SMILES string of the molecule is COc1ccc(/C(O)=C2\C(=O)C(=O)N(c3nnc(C)s3)C2c2ccc(Cl)cc2)cc1. The molecule has 30 heavy (non-hydrogen) atoms. The first kappa shape index (κ1) is 20.1. The third kappa shape index (κ3) is 3.44. The number of methoxy groups -OCH3 is 1. The fourth-order valence-corrected chi connectivity index (χ4v) is 4.12. The van der Waals surface area contributed by atoms with Crippen LogP contribution in [0.1, 0.15) is 22.2 Å². The van der Waals surface area contributed by atoms with Crippen molar-refractivity contribution in [1.82, 2.24) is 10.2 Å². The molecule has 1 aliphatic rings. The number of halogens is 1. The summed E-state index contributed by atoms with van der Waals surface area (Å²) in [5.41, 5.74) is 0.975. The van der Waals surface area contributed by atoms with Crippen molar-refractivity contribution in [3.8, 4) is 5.75 Å². The lowest BCUT2D eigenvalue weighted by molar-refractivity contribution is -0.132. The van der Waals surface area contributed by atoms with Crippen LogP contribution in [0.4, 0.5) is 5.13 Å². The molecule has 1 N–H and O–H groups in total. The van der Waals surface area contributed by atoms with Crippen LogP contribution < -0.4 is 9.64 Å². The number of hydrogen-bond donors (Lipinski definition) is 1. The molecule has 1 saturated heterocycles. The predicted octanol–water partition coefficient (Wildman–Crippen LogP) is 4.13. The zero-order valence-electron chi connectivity index (χ0n) is 16.0. The summed E-state index contributed by atoms with van der Waals surface area (Å²) in [6.07, 6.45) is 0. The average molecular weight is 442 g/mol. The van der Waals surface area contributed by atoms with Gasteiger partial charge in [0.2, 0.25) is 5.13 Å². The molecule has 4 rings (SSSR count). The number of anilines is 1. The van der Waals surface area contributed by atoms with Gasteiger partial charge in [-0.1, -0.05) is 35.1 Å². The highest BCUT2D eigenvalue weighted by Gasteiger charge is 2.48. The number of nitrogens with zero attached hydrogens (tertiary/aromatic N) is 3. The number of carbonyl (C=O) groups excluding carboxylic acids is 2. The normalized spacial score (nSPS) is 18.1. The molecule has 1 fully saturated rings. The van der Waals surface area contributed by atoms with Crippen molar-refractivity contribution >= 4 is 45.5 Å². The van der Waals surface area contributed by atoms with Crippen LogP contribution in [0.25, 0.3) is 5.76 Å². The molecule has 7 nitrogen and oxygen atoms in total. The topological polar surface area (TPSA) is 92.6 Å². The van der Waals surface area contributed by atoms with E-state index in [1.165, 1.54) is 23.3 Å². The number of aliphatic hydroxyl groups excluding tert-OH is 1. The number of aromatic nitrogens is 2. The maximum Gasteiger partial charge on any atom is 0.301 e. The van der Waals surface area contributed by atoms with Gasteiger partial charge in [-0.2, -0.15) is 0 Å². The third-order valence-electron chi connectivity index (χ3n) is 4.72. The first-order valence-electron chi connectivity index (χ1n) is 8.91. The molecule has 2 aromatic carbocycles. The molecule has 1 amide bonds. The van der Waals surface area contributed by atoms with Gasteiger partial charge in [0.25, 0.3) is 5.78 Å². The van der Waals surface area contributed by atoms with Crippen LogP contribution in [-0.2, 0) is 9.59 Å². The Hall–Kier alpha value is -3.23. The quantitative estimate of drug-likeness (QED) is 0.371. The minimum atomic E-state index is -0.864. The molecule has 1 unspecified atom stereocenters. The van der Waals surface area contributed by atoms with E-state index < -0.39 is 17.7 Å². The largest absolute Gasteiger partial charge is 0.507 e. The van der Waals surface area contributed by atoms with Gasteiger partial charge in [-0.15, -0.1) is 10.2 Å². The lowest BCUT2D eigenvalue weighted by Gasteiger charge is -2.22. The Morgan fingerprint density at radius 3 is 2.33 bits per heavy atom. The zero-order valence-corrected chi connectivity index (χ0v) is 17.6. The van der Waals surface area contributed by atoms with Gasteiger partial charge in [0.15, 0.2) is 0 Å². The summed E-state index contributed by atoms with van der Waals surface area (Å²) in [5.74, 6) is -1.25. The Kier molecular flexibility index (Phi) is 5.27. The maximum atomic E-state index is 13.0. The molecule has 1 aromatic heterocycles. The molecular weight excluding hydrogens is 426 g/mol. The average Bonchev–Trinajstić information content (AvgIpc) is 3.29. The van der Waals surface area contributed by atoms with Crippen LogP contribution >= 0.6 is 22.9 Å². The van der Waals surface area contributed by atoms with E-state index in [0.29, 0.717) is 26.9 Å². The number of Topliss-reactive ketones (excluding diaryl/α,β-unsaturated/α-hetero) is 1. The summed E-state index contributed by atoms with van der Waals surface area (Å²) in [6.45, 7) is 1.76. The van der Waals surface area contributed by atoms with Crippen LogP contribution in [0.3, 0.4) is 0 Å². The van der Waals surface area contributed by atoms with Crippen molar-refractivity contribution in [2.75, 3.05) is 12.0 Å².